The van der Waals surface area contributed by atoms with Crippen molar-refractivity contribution in [2.75, 3.05) is 26.8 Å². The molecule has 1 saturated carbocycles. The van der Waals surface area contributed by atoms with Crippen molar-refractivity contribution in [2.45, 2.75) is 45.1 Å². The Balaban J connectivity index is 2.29. The zero-order chi connectivity index (χ0) is 11.8. The molecule has 16 heavy (non-hydrogen) atoms. The van der Waals surface area contributed by atoms with Crippen LogP contribution < -0.4 is 5.32 Å². The minimum absolute atomic E-state index is 0.595. The molecular formula is C12H24N2OS. The molecule has 1 N–H and O–H groups in total. The molecule has 0 aromatic carbocycles. The minimum atomic E-state index is 0.595. The summed E-state index contributed by atoms with van der Waals surface area (Å²) < 4.78 is 5.09. The molecule has 0 saturated heterocycles. The molecule has 4 heteroatoms. The van der Waals surface area contributed by atoms with Crippen LogP contribution in [0.25, 0.3) is 0 Å². The summed E-state index contributed by atoms with van der Waals surface area (Å²) >= 11 is 5.43. The summed E-state index contributed by atoms with van der Waals surface area (Å²) in [4.78, 5) is 2.17. The van der Waals surface area contributed by atoms with Gasteiger partial charge in [-0.25, -0.2) is 0 Å². The summed E-state index contributed by atoms with van der Waals surface area (Å²) in [6, 6.07) is 0.595. The van der Waals surface area contributed by atoms with Crippen LogP contribution in [-0.4, -0.2) is 42.9 Å². The van der Waals surface area contributed by atoms with Crippen molar-refractivity contribution in [3.63, 3.8) is 0 Å². The van der Waals surface area contributed by atoms with E-state index < -0.39 is 0 Å². The summed E-state index contributed by atoms with van der Waals surface area (Å²) in [5, 5.41) is 4.38. The molecule has 1 aliphatic rings. The lowest BCUT2D eigenvalue weighted by Gasteiger charge is -2.29. The first-order valence-electron chi connectivity index (χ1n) is 6.32. The van der Waals surface area contributed by atoms with E-state index >= 15 is 0 Å². The number of likely N-dealkylation sites (N-methyl/N-ethyl adjacent to an activating group) is 1. The van der Waals surface area contributed by atoms with E-state index in [-0.39, 0.29) is 0 Å². The van der Waals surface area contributed by atoms with E-state index in [0.29, 0.717) is 6.04 Å². The van der Waals surface area contributed by atoms with Crippen LogP contribution in [0.5, 0.6) is 0 Å². The topological polar surface area (TPSA) is 24.5 Å². The lowest BCUT2D eigenvalue weighted by molar-refractivity contribution is 0.176. The van der Waals surface area contributed by atoms with E-state index in [0.717, 1.165) is 24.8 Å². The van der Waals surface area contributed by atoms with Crippen molar-refractivity contribution >= 4 is 17.3 Å². The zero-order valence-electron chi connectivity index (χ0n) is 10.5. The number of thiocarbonyl (C=S) groups is 1. The van der Waals surface area contributed by atoms with Gasteiger partial charge in [0.2, 0.25) is 0 Å². The molecule has 0 amide bonds. The predicted molar refractivity (Wildman–Crippen MR) is 71.7 cm³/mol. The van der Waals surface area contributed by atoms with E-state index in [2.05, 4.69) is 17.1 Å². The molecule has 3 nitrogen and oxygen atoms in total. The number of nitrogens with zero attached hydrogens (tertiary/aromatic N) is 1. The smallest absolute Gasteiger partial charge is 0.169 e. The first kappa shape index (κ1) is 13.7. The maximum absolute atomic E-state index is 5.43. The molecule has 0 spiro atoms. The van der Waals surface area contributed by atoms with Crippen LogP contribution in [0.2, 0.25) is 0 Å². The van der Waals surface area contributed by atoms with Gasteiger partial charge in [-0.15, -0.1) is 0 Å². The Labute approximate surface area is 105 Å². The van der Waals surface area contributed by atoms with E-state index in [1.165, 1.54) is 32.1 Å². The normalized spacial score (nSPS) is 17.1. The Morgan fingerprint density at radius 1 is 1.38 bits per heavy atom. The number of hydrogen-bond donors (Lipinski definition) is 1. The lowest BCUT2D eigenvalue weighted by atomic mass is 9.96. The Morgan fingerprint density at radius 3 is 2.62 bits per heavy atom. The Hall–Kier alpha value is -0.350. The van der Waals surface area contributed by atoms with Crippen molar-refractivity contribution < 1.29 is 4.74 Å². The average molecular weight is 244 g/mol. The van der Waals surface area contributed by atoms with Crippen LogP contribution in [0.15, 0.2) is 0 Å². The van der Waals surface area contributed by atoms with Crippen LogP contribution in [0.3, 0.4) is 0 Å². The Morgan fingerprint density at radius 2 is 2.06 bits per heavy atom. The molecule has 0 atom stereocenters. The third-order valence-corrected chi connectivity index (χ3v) is 3.54. The van der Waals surface area contributed by atoms with Crippen LogP contribution in [0.1, 0.15) is 39.0 Å². The summed E-state index contributed by atoms with van der Waals surface area (Å²) in [6.07, 6.45) is 6.59. The molecule has 0 bridgehead atoms. The highest BCUT2D eigenvalue weighted by atomic mass is 32.1. The quantitative estimate of drug-likeness (QED) is 0.749. The van der Waals surface area contributed by atoms with Gasteiger partial charge in [0.05, 0.1) is 6.61 Å². The largest absolute Gasteiger partial charge is 0.383 e. The van der Waals surface area contributed by atoms with Gasteiger partial charge in [-0.3, -0.25) is 0 Å². The Bertz CT molecular complexity index is 205. The third-order valence-electron chi connectivity index (χ3n) is 3.17. The van der Waals surface area contributed by atoms with Crippen LogP contribution in [0, 0.1) is 0 Å². The maximum atomic E-state index is 5.43. The second kappa shape index (κ2) is 7.85. The molecule has 0 heterocycles. The van der Waals surface area contributed by atoms with E-state index in [1.807, 2.05) is 0 Å². The summed E-state index contributed by atoms with van der Waals surface area (Å²) in [5.74, 6) is 0. The van der Waals surface area contributed by atoms with Crippen LogP contribution in [0.4, 0.5) is 0 Å². The van der Waals surface area contributed by atoms with E-state index in [9.17, 15) is 0 Å². The van der Waals surface area contributed by atoms with Gasteiger partial charge in [0.15, 0.2) is 5.11 Å². The monoisotopic (exact) mass is 244 g/mol. The second-order valence-corrected chi connectivity index (χ2v) is 4.74. The SMILES string of the molecule is CCN(CCOC)C(=S)NC1CCCCC1. The standard InChI is InChI=1S/C12H24N2OS/c1-3-14(9-10-15-2)12(16)13-11-7-5-4-6-8-11/h11H,3-10H2,1-2H3,(H,13,16). The molecule has 0 radical (unpaired) electrons. The number of nitrogens with one attached hydrogen (secondary N) is 1. The van der Waals surface area contributed by atoms with Crippen molar-refractivity contribution in [1.29, 1.82) is 0 Å². The van der Waals surface area contributed by atoms with Crippen LogP contribution >= 0.6 is 12.2 Å². The number of rotatable bonds is 5. The van der Waals surface area contributed by atoms with Gasteiger partial charge in [0.1, 0.15) is 0 Å². The first-order chi connectivity index (χ1) is 7.77. The van der Waals surface area contributed by atoms with E-state index in [1.54, 1.807) is 7.11 Å². The summed E-state index contributed by atoms with van der Waals surface area (Å²) in [5.41, 5.74) is 0. The van der Waals surface area contributed by atoms with Crippen molar-refractivity contribution in [1.82, 2.24) is 10.2 Å². The van der Waals surface area contributed by atoms with Gasteiger partial charge in [-0.1, -0.05) is 19.3 Å². The minimum Gasteiger partial charge on any atom is -0.383 e. The number of ether oxygens (including phenoxy) is 1. The molecule has 0 unspecified atom stereocenters. The molecule has 0 aliphatic heterocycles. The molecular weight excluding hydrogens is 220 g/mol. The highest BCUT2D eigenvalue weighted by Gasteiger charge is 2.16. The Kier molecular flexibility index (Phi) is 6.73. The fourth-order valence-electron chi connectivity index (χ4n) is 2.12. The van der Waals surface area contributed by atoms with Gasteiger partial charge in [0, 0.05) is 26.2 Å². The van der Waals surface area contributed by atoms with Gasteiger partial charge >= 0.3 is 0 Å². The molecule has 1 rings (SSSR count). The average Bonchev–Trinajstić information content (AvgIpc) is 2.31. The predicted octanol–water partition coefficient (Wildman–Crippen LogP) is 2.16. The van der Waals surface area contributed by atoms with Gasteiger partial charge in [-0.05, 0) is 32.0 Å². The van der Waals surface area contributed by atoms with Crippen molar-refractivity contribution in [2.24, 2.45) is 0 Å². The summed E-state index contributed by atoms with van der Waals surface area (Å²) in [7, 11) is 1.73. The zero-order valence-corrected chi connectivity index (χ0v) is 11.3. The van der Waals surface area contributed by atoms with E-state index in [4.69, 9.17) is 17.0 Å². The summed E-state index contributed by atoms with van der Waals surface area (Å²) in [6.45, 7) is 4.69. The first-order valence-corrected chi connectivity index (χ1v) is 6.73. The molecule has 0 aromatic rings. The van der Waals surface area contributed by atoms with Crippen molar-refractivity contribution in [3.8, 4) is 0 Å². The molecule has 0 aromatic heterocycles. The molecule has 94 valence electrons. The third kappa shape index (κ3) is 4.66. The highest BCUT2D eigenvalue weighted by Crippen LogP contribution is 2.17. The molecule has 1 aliphatic carbocycles. The van der Waals surface area contributed by atoms with Gasteiger partial charge < -0.3 is 15.0 Å². The lowest BCUT2D eigenvalue weighted by Crippen LogP contribution is -2.46. The highest BCUT2D eigenvalue weighted by molar-refractivity contribution is 7.80. The van der Waals surface area contributed by atoms with Gasteiger partial charge in [-0.2, -0.15) is 0 Å². The number of hydrogen-bond acceptors (Lipinski definition) is 2. The number of methoxy groups -OCH3 is 1. The second-order valence-electron chi connectivity index (χ2n) is 4.36. The van der Waals surface area contributed by atoms with Crippen molar-refractivity contribution in [3.05, 3.63) is 0 Å². The van der Waals surface area contributed by atoms with Crippen LogP contribution in [-0.2, 0) is 4.74 Å². The fraction of sp³-hybridized carbons (Fsp3) is 0.917. The fourth-order valence-corrected chi connectivity index (χ4v) is 2.50. The van der Waals surface area contributed by atoms with Gasteiger partial charge in [0.25, 0.3) is 0 Å². The molecule has 1 fully saturated rings. The maximum Gasteiger partial charge on any atom is 0.169 e.